The number of hydrogen-bond donors (Lipinski definition) is 0. The lowest BCUT2D eigenvalue weighted by Gasteiger charge is -2.37. The van der Waals surface area contributed by atoms with Gasteiger partial charge in [0.2, 0.25) is 0 Å². The number of rotatable bonds is 9. The molecule has 0 radical (unpaired) electrons. The first-order valence-electron chi connectivity index (χ1n) is 15.7. The molecule has 1 aliphatic heterocycles. The third-order valence-corrected chi connectivity index (χ3v) is 7.57. The molecule has 0 atom stereocenters. The number of halogens is 2. The second-order valence-electron chi connectivity index (χ2n) is 9.94. The minimum absolute atomic E-state index is 0.0901. The number of benzene rings is 3. The van der Waals surface area contributed by atoms with E-state index in [-0.39, 0.29) is 5.69 Å². The molecule has 0 unspecified atom stereocenters. The highest BCUT2D eigenvalue weighted by molar-refractivity contribution is 6.35. The van der Waals surface area contributed by atoms with Gasteiger partial charge in [-0.05, 0) is 79.6 Å². The first-order chi connectivity index (χ1) is 22.3. The van der Waals surface area contributed by atoms with Crippen LogP contribution in [0.15, 0.2) is 77.9 Å². The van der Waals surface area contributed by atoms with Crippen molar-refractivity contribution in [1.82, 2.24) is 14.3 Å². The summed E-state index contributed by atoms with van der Waals surface area (Å²) in [5.74, 6) is 0.881. The molecule has 9 nitrogen and oxygen atoms in total. The molecule has 0 amide bonds. The molecular formula is C35H49Cl2N5O4. The predicted octanol–water partition coefficient (Wildman–Crippen LogP) is 7.60. The topological polar surface area (TPSA) is 74.0 Å². The lowest BCUT2D eigenvalue weighted by molar-refractivity contribution is 0.185. The van der Waals surface area contributed by atoms with Crippen molar-refractivity contribution in [3.8, 4) is 11.4 Å². The number of hydrogen-bond acceptors (Lipinski definition) is 7. The van der Waals surface area contributed by atoms with Gasteiger partial charge < -0.3 is 24.0 Å². The molecule has 1 saturated heterocycles. The van der Waals surface area contributed by atoms with E-state index in [1.165, 1.54) is 16.1 Å². The molecule has 252 valence electrons. The molecule has 0 bridgehead atoms. The molecule has 46 heavy (non-hydrogen) atoms. The highest BCUT2D eigenvalue weighted by Gasteiger charge is 2.18. The molecule has 0 aliphatic carbocycles. The number of nitrogens with zero attached hydrogens (tertiary/aromatic N) is 5. The molecule has 0 saturated carbocycles. The van der Waals surface area contributed by atoms with Crippen molar-refractivity contribution < 1.29 is 14.2 Å². The fourth-order valence-corrected chi connectivity index (χ4v) is 4.98. The third kappa shape index (κ3) is 11.7. The molecule has 1 fully saturated rings. The Morgan fingerprint density at radius 1 is 0.761 bits per heavy atom. The van der Waals surface area contributed by atoms with Gasteiger partial charge in [-0.2, -0.15) is 5.10 Å². The molecule has 11 heteroatoms. The second kappa shape index (κ2) is 21.3. The van der Waals surface area contributed by atoms with E-state index in [0.717, 1.165) is 56.2 Å². The number of aromatic nitrogens is 3. The number of ether oxygens (including phenoxy) is 3. The number of anilines is 2. The Bertz CT molecular complexity index is 1450. The summed E-state index contributed by atoms with van der Waals surface area (Å²) in [6.07, 6.45) is 2.49. The van der Waals surface area contributed by atoms with Crippen molar-refractivity contribution in [2.24, 2.45) is 0 Å². The zero-order valence-electron chi connectivity index (χ0n) is 28.2. The molecule has 1 aromatic heterocycles. The zero-order chi connectivity index (χ0) is 33.9. The normalized spacial score (nSPS) is 12.2. The van der Waals surface area contributed by atoms with E-state index in [4.69, 9.17) is 32.7 Å². The van der Waals surface area contributed by atoms with Crippen LogP contribution in [0.1, 0.15) is 39.7 Å². The van der Waals surface area contributed by atoms with Crippen LogP contribution in [0.4, 0.5) is 11.4 Å². The van der Waals surface area contributed by atoms with Crippen LogP contribution in [0.25, 0.3) is 5.69 Å². The van der Waals surface area contributed by atoms with Gasteiger partial charge in [-0.3, -0.25) is 0 Å². The predicted molar refractivity (Wildman–Crippen MR) is 192 cm³/mol. The first-order valence-corrected chi connectivity index (χ1v) is 16.4. The maximum atomic E-state index is 12.4. The Labute approximate surface area is 284 Å². The van der Waals surface area contributed by atoms with Gasteiger partial charge in [-0.25, -0.2) is 14.0 Å². The standard InChI is InChI=1S/C22H27N5O2.C8H8Cl2O.C3H8O.C2H6/c1-3-12-27-22(28)26(17-23-27)20-6-4-18(5-7-20)24-13-15-25(16-14-24)19-8-10-21(29-2)11-9-19;1-11-5-6-2-3-7(9)4-8(6)10;1-3-4-2;1-2/h4-11,17H,3,12-16H2,1-2H3;2-4H,5H2,1H3;3H2,1-2H3;1-2H3. The average Bonchev–Trinajstić information content (AvgIpc) is 3.47. The molecule has 0 N–H and O–H groups in total. The van der Waals surface area contributed by atoms with E-state index in [1.54, 1.807) is 44.4 Å². The lowest BCUT2D eigenvalue weighted by atomic mass is 10.2. The van der Waals surface area contributed by atoms with Crippen LogP contribution in [-0.4, -0.2) is 68.5 Å². The van der Waals surface area contributed by atoms with Crippen molar-refractivity contribution in [1.29, 1.82) is 0 Å². The van der Waals surface area contributed by atoms with Crippen LogP contribution in [0.2, 0.25) is 10.0 Å². The fourth-order valence-electron chi connectivity index (χ4n) is 4.51. The van der Waals surface area contributed by atoms with Crippen molar-refractivity contribution >= 4 is 34.6 Å². The number of methoxy groups -OCH3 is 3. The third-order valence-electron chi connectivity index (χ3n) is 6.98. The summed E-state index contributed by atoms with van der Waals surface area (Å²) in [4.78, 5) is 17.2. The summed E-state index contributed by atoms with van der Waals surface area (Å²) in [5.41, 5.74) is 4.12. The monoisotopic (exact) mass is 673 g/mol. The highest BCUT2D eigenvalue weighted by Crippen LogP contribution is 2.24. The molecular weight excluding hydrogens is 625 g/mol. The first kappa shape index (κ1) is 38.7. The maximum Gasteiger partial charge on any atom is 0.350 e. The number of aryl methyl sites for hydroxylation is 1. The average molecular weight is 675 g/mol. The van der Waals surface area contributed by atoms with Crippen LogP contribution in [0, 0.1) is 0 Å². The van der Waals surface area contributed by atoms with Crippen molar-refractivity contribution in [3.05, 3.63) is 99.2 Å². The van der Waals surface area contributed by atoms with Crippen molar-refractivity contribution in [2.45, 2.75) is 47.3 Å². The zero-order valence-corrected chi connectivity index (χ0v) is 29.7. The molecule has 5 rings (SSSR count). The Morgan fingerprint density at radius 3 is 1.74 bits per heavy atom. The van der Waals surface area contributed by atoms with Crippen LogP contribution >= 0.6 is 23.2 Å². The van der Waals surface area contributed by atoms with Gasteiger partial charge >= 0.3 is 5.69 Å². The van der Waals surface area contributed by atoms with Gasteiger partial charge in [-0.15, -0.1) is 0 Å². The smallest absolute Gasteiger partial charge is 0.350 e. The van der Waals surface area contributed by atoms with Gasteiger partial charge in [0.1, 0.15) is 12.1 Å². The Hall–Kier alpha value is -3.50. The van der Waals surface area contributed by atoms with Crippen LogP contribution in [-0.2, 0) is 22.6 Å². The summed E-state index contributed by atoms with van der Waals surface area (Å²) in [6.45, 7) is 13.8. The van der Waals surface area contributed by atoms with Crippen LogP contribution < -0.4 is 20.2 Å². The second-order valence-corrected chi connectivity index (χ2v) is 10.8. The highest BCUT2D eigenvalue weighted by atomic mass is 35.5. The van der Waals surface area contributed by atoms with E-state index in [1.807, 2.05) is 58.0 Å². The largest absolute Gasteiger partial charge is 0.497 e. The van der Waals surface area contributed by atoms with Gasteiger partial charge in [0.25, 0.3) is 0 Å². The molecule has 1 aliphatic rings. The van der Waals surface area contributed by atoms with E-state index in [2.05, 4.69) is 43.9 Å². The van der Waals surface area contributed by atoms with Crippen molar-refractivity contribution in [3.63, 3.8) is 0 Å². The SMILES string of the molecule is CC.CCCn1ncn(-c2ccc(N3CCN(c4ccc(OC)cc4)CC3)cc2)c1=O.CCOC.COCc1ccc(Cl)cc1Cl. The fraction of sp³-hybridized carbons (Fsp3) is 0.429. The summed E-state index contributed by atoms with van der Waals surface area (Å²) in [7, 11) is 5.00. The Balaban J connectivity index is 0.000000359. The minimum atomic E-state index is -0.0901. The summed E-state index contributed by atoms with van der Waals surface area (Å²) < 4.78 is 17.8. The van der Waals surface area contributed by atoms with E-state index in [9.17, 15) is 4.79 Å². The number of piperazine rings is 1. The van der Waals surface area contributed by atoms with Gasteiger partial charge in [0.15, 0.2) is 0 Å². The minimum Gasteiger partial charge on any atom is -0.497 e. The Kier molecular flexibility index (Phi) is 17.9. The van der Waals surface area contributed by atoms with Gasteiger partial charge in [0.05, 0.1) is 19.4 Å². The quantitative estimate of drug-likeness (QED) is 0.181. The van der Waals surface area contributed by atoms with E-state index < -0.39 is 0 Å². The summed E-state index contributed by atoms with van der Waals surface area (Å²) in [6, 6.07) is 21.7. The summed E-state index contributed by atoms with van der Waals surface area (Å²) in [5, 5.41) is 5.49. The van der Waals surface area contributed by atoms with Crippen LogP contribution in [0.3, 0.4) is 0 Å². The Morgan fingerprint density at radius 2 is 1.28 bits per heavy atom. The van der Waals surface area contributed by atoms with Crippen molar-refractivity contribution in [2.75, 3.05) is 63.9 Å². The van der Waals surface area contributed by atoms with Crippen LogP contribution in [0.5, 0.6) is 5.75 Å². The lowest BCUT2D eigenvalue weighted by Crippen LogP contribution is -2.46. The van der Waals surface area contributed by atoms with E-state index >= 15 is 0 Å². The molecule has 3 aromatic carbocycles. The molecule has 4 aromatic rings. The van der Waals surface area contributed by atoms with Gasteiger partial charge in [-0.1, -0.05) is 50.0 Å². The van der Waals surface area contributed by atoms with E-state index in [0.29, 0.717) is 23.2 Å². The van der Waals surface area contributed by atoms with Gasteiger partial charge in [0, 0.05) is 75.0 Å². The molecule has 0 spiro atoms. The maximum absolute atomic E-state index is 12.4. The molecule has 2 heterocycles. The summed E-state index contributed by atoms with van der Waals surface area (Å²) >= 11 is 11.5.